The molecule has 7 nitrogen and oxygen atoms in total. The van der Waals surface area contributed by atoms with E-state index in [0.29, 0.717) is 5.75 Å². The summed E-state index contributed by atoms with van der Waals surface area (Å²) in [6.07, 6.45) is -5.00. The average molecular weight is 409 g/mol. The van der Waals surface area contributed by atoms with Gasteiger partial charge in [0.25, 0.3) is 11.7 Å². The van der Waals surface area contributed by atoms with Gasteiger partial charge in [0.2, 0.25) is 11.2 Å². The molecular formula is C19H14F3NO6. The summed E-state index contributed by atoms with van der Waals surface area (Å²) in [5, 5.41) is -0.159. The molecule has 2 N–H and O–H groups in total. The fraction of sp³-hybridized carbons (Fsp3) is 0.158. The highest BCUT2D eigenvalue weighted by Crippen LogP contribution is 2.38. The van der Waals surface area contributed by atoms with E-state index < -0.39 is 35.6 Å². The number of nitrogens with two attached hydrogens (primary N) is 1. The molecule has 10 heteroatoms. The van der Waals surface area contributed by atoms with Crippen molar-refractivity contribution in [1.29, 1.82) is 0 Å². The molecule has 3 aromatic rings. The Kier molecular flexibility index (Phi) is 5.35. The molecule has 0 aliphatic heterocycles. The zero-order valence-corrected chi connectivity index (χ0v) is 14.9. The number of hydrogen-bond acceptors (Lipinski definition) is 6. The van der Waals surface area contributed by atoms with Crippen LogP contribution in [0.5, 0.6) is 23.0 Å². The van der Waals surface area contributed by atoms with Crippen LogP contribution in [0.1, 0.15) is 5.76 Å². The summed E-state index contributed by atoms with van der Waals surface area (Å²) in [7, 11) is 1.43. The molecular weight excluding hydrogens is 395 g/mol. The fourth-order valence-corrected chi connectivity index (χ4v) is 2.44. The van der Waals surface area contributed by atoms with E-state index in [9.17, 15) is 22.8 Å². The number of carbonyl (C=O) groups is 1. The van der Waals surface area contributed by atoms with Crippen LogP contribution in [0.3, 0.4) is 0 Å². The smallest absolute Gasteiger partial charge is 0.453 e. The van der Waals surface area contributed by atoms with Gasteiger partial charge in [0, 0.05) is 6.07 Å². The van der Waals surface area contributed by atoms with Gasteiger partial charge in [-0.1, -0.05) is 0 Å². The van der Waals surface area contributed by atoms with E-state index >= 15 is 0 Å². The number of halogens is 3. The molecule has 0 saturated carbocycles. The predicted octanol–water partition coefficient (Wildman–Crippen LogP) is 3.48. The van der Waals surface area contributed by atoms with Crippen molar-refractivity contribution in [3.63, 3.8) is 0 Å². The largest absolute Gasteiger partial charge is 0.497 e. The summed E-state index contributed by atoms with van der Waals surface area (Å²) in [5.41, 5.74) is 3.56. The van der Waals surface area contributed by atoms with Crippen molar-refractivity contribution in [3.05, 3.63) is 58.4 Å². The Bertz CT molecular complexity index is 1110. The molecule has 1 amide bonds. The first-order valence-electron chi connectivity index (χ1n) is 8.10. The van der Waals surface area contributed by atoms with Crippen LogP contribution in [0.2, 0.25) is 0 Å². The van der Waals surface area contributed by atoms with Gasteiger partial charge < -0.3 is 24.4 Å². The number of amides is 1. The van der Waals surface area contributed by atoms with Crippen molar-refractivity contribution < 1.29 is 36.6 Å². The normalized spacial score (nSPS) is 11.3. The molecule has 152 valence electrons. The third-order valence-electron chi connectivity index (χ3n) is 3.74. The number of alkyl halides is 3. The molecule has 0 radical (unpaired) electrons. The van der Waals surface area contributed by atoms with Gasteiger partial charge in [0.15, 0.2) is 6.61 Å². The highest BCUT2D eigenvalue weighted by Gasteiger charge is 2.40. The molecule has 0 fully saturated rings. The molecule has 29 heavy (non-hydrogen) atoms. The number of rotatable bonds is 6. The predicted molar refractivity (Wildman–Crippen MR) is 95.2 cm³/mol. The van der Waals surface area contributed by atoms with Crippen LogP contribution in [0.15, 0.2) is 51.7 Å². The van der Waals surface area contributed by atoms with Crippen molar-refractivity contribution in [2.75, 3.05) is 13.7 Å². The fourth-order valence-electron chi connectivity index (χ4n) is 2.44. The van der Waals surface area contributed by atoms with Gasteiger partial charge in [-0.15, -0.1) is 0 Å². The lowest BCUT2D eigenvalue weighted by molar-refractivity contribution is -0.154. The molecule has 0 unspecified atom stereocenters. The Morgan fingerprint density at radius 3 is 2.28 bits per heavy atom. The van der Waals surface area contributed by atoms with E-state index in [1.807, 2.05) is 0 Å². The summed E-state index contributed by atoms with van der Waals surface area (Å²) in [6, 6.07) is 9.20. The van der Waals surface area contributed by atoms with Gasteiger partial charge in [0.1, 0.15) is 22.8 Å². The van der Waals surface area contributed by atoms with Crippen LogP contribution in [0, 0.1) is 0 Å². The lowest BCUT2D eigenvalue weighted by atomic mass is 10.2. The number of ether oxygens (including phenoxy) is 3. The third-order valence-corrected chi connectivity index (χ3v) is 3.74. The quantitative estimate of drug-likeness (QED) is 0.669. The number of benzene rings is 2. The Balaban J connectivity index is 2.09. The van der Waals surface area contributed by atoms with E-state index in [1.54, 1.807) is 0 Å². The maximum Gasteiger partial charge on any atom is 0.453 e. The van der Waals surface area contributed by atoms with Gasteiger partial charge in [-0.05, 0) is 36.4 Å². The second-order valence-electron chi connectivity index (χ2n) is 5.78. The van der Waals surface area contributed by atoms with Gasteiger partial charge in [0.05, 0.1) is 12.5 Å². The van der Waals surface area contributed by atoms with Crippen molar-refractivity contribution in [1.82, 2.24) is 0 Å². The van der Waals surface area contributed by atoms with Crippen LogP contribution >= 0.6 is 0 Å². The molecule has 1 aromatic heterocycles. The van der Waals surface area contributed by atoms with Gasteiger partial charge in [-0.25, -0.2) is 0 Å². The van der Waals surface area contributed by atoms with E-state index in [0.717, 1.165) is 6.07 Å². The lowest BCUT2D eigenvalue weighted by Gasteiger charge is -2.14. The molecule has 0 bridgehead atoms. The molecule has 0 aliphatic carbocycles. The first kappa shape index (κ1) is 20.1. The summed E-state index contributed by atoms with van der Waals surface area (Å²) in [5.74, 6) is -2.91. The van der Waals surface area contributed by atoms with Gasteiger partial charge >= 0.3 is 6.18 Å². The van der Waals surface area contributed by atoms with Crippen molar-refractivity contribution in [2.45, 2.75) is 6.18 Å². The van der Waals surface area contributed by atoms with E-state index in [-0.39, 0.29) is 22.5 Å². The second-order valence-corrected chi connectivity index (χ2v) is 5.78. The molecule has 1 heterocycles. The maximum atomic E-state index is 13.5. The Hall–Kier alpha value is -3.69. The van der Waals surface area contributed by atoms with E-state index in [4.69, 9.17) is 24.4 Å². The average Bonchev–Trinajstić information content (AvgIpc) is 2.68. The first-order valence-corrected chi connectivity index (χ1v) is 8.10. The minimum atomic E-state index is -5.00. The standard InChI is InChI=1S/C19H14F3NO6/c1-26-10-2-4-11(5-3-10)28-17-16(25)13-7-6-12(27-9-15(23)24)8-14(13)29-18(17)19(20,21)22/h2-8H,9H2,1H3,(H2,23,24). The topological polar surface area (TPSA) is 101 Å². The molecule has 0 atom stereocenters. The Labute approximate surface area is 161 Å². The number of primary amides is 1. The zero-order chi connectivity index (χ0) is 21.2. The van der Waals surface area contributed by atoms with Crippen LogP contribution in [0.4, 0.5) is 13.2 Å². The molecule has 3 rings (SSSR count). The molecule has 0 saturated heterocycles. The number of hydrogen-bond donors (Lipinski definition) is 1. The van der Waals surface area contributed by atoms with Gasteiger partial charge in [-0.3, -0.25) is 9.59 Å². The zero-order valence-electron chi connectivity index (χ0n) is 14.9. The van der Waals surface area contributed by atoms with Gasteiger partial charge in [-0.2, -0.15) is 13.2 Å². The Morgan fingerprint density at radius 2 is 1.69 bits per heavy atom. The molecule has 2 aromatic carbocycles. The third kappa shape index (κ3) is 4.42. The van der Waals surface area contributed by atoms with Crippen LogP contribution in [-0.2, 0) is 11.0 Å². The van der Waals surface area contributed by atoms with E-state index in [1.165, 1.54) is 43.5 Å². The summed E-state index contributed by atoms with van der Waals surface area (Å²) in [4.78, 5) is 23.5. The van der Waals surface area contributed by atoms with Crippen molar-refractivity contribution in [3.8, 4) is 23.0 Å². The Morgan fingerprint density at radius 1 is 1.07 bits per heavy atom. The van der Waals surface area contributed by atoms with Crippen molar-refractivity contribution in [2.24, 2.45) is 5.73 Å². The minimum absolute atomic E-state index is 0.00985. The van der Waals surface area contributed by atoms with Crippen LogP contribution < -0.4 is 25.4 Å². The highest BCUT2D eigenvalue weighted by atomic mass is 19.4. The number of fused-ring (bicyclic) bond motifs is 1. The number of methoxy groups -OCH3 is 1. The molecule has 0 aliphatic rings. The first-order chi connectivity index (χ1) is 13.7. The van der Waals surface area contributed by atoms with E-state index in [2.05, 4.69) is 0 Å². The molecule has 0 spiro atoms. The minimum Gasteiger partial charge on any atom is -0.497 e. The summed E-state index contributed by atoms with van der Waals surface area (Å²) in [6.45, 7) is -0.486. The number of carbonyl (C=O) groups excluding carboxylic acids is 1. The second kappa shape index (κ2) is 7.74. The van der Waals surface area contributed by atoms with Crippen LogP contribution in [0.25, 0.3) is 11.0 Å². The monoisotopic (exact) mass is 409 g/mol. The van der Waals surface area contributed by atoms with Crippen LogP contribution in [-0.4, -0.2) is 19.6 Å². The maximum absolute atomic E-state index is 13.5. The van der Waals surface area contributed by atoms with Crippen molar-refractivity contribution >= 4 is 16.9 Å². The summed E-state index contributed by atoms with van der Waals surface area (Å²) >= 11 is 0. The SMILES string of the molecule is COc1ccc(Oc2c(C(F)(F)F)oc3cc(OCC(N)=O)ccc3c2=O)cc1. The lowest BCUT2D eigenvalue weighted by Crippen LogP contribution is -2.20. The summed E-state index contributed by atoms with van der Waals surface area (Å²) < 4.78 is 60.7. The highest BCUT2D eigenvalue weighted by molar-refractivity contribution is 5.80.